The molecule has 0 aliphatic heterocycles. The summed E-state index contributed by atoms with van der Waals surface area (Å²) in [5, 5.41) is 36.0. The summed E-state index contributed by atoms with van der Waals surface area (Å²) in [7, 11) is 0. The molecule has 0 saturated carbocycles. The molecule has 2 amide bonds. The molecule has 12 heteroatoms. The van der Waals surface area contributed by atoms with Gasteiger partial charge in [0.1, 0.15) is 17.5 Å². The van der Waals surface area contributed by atoms with E-state index in [1.807, 2.05) is 0 Å². The predicted molar refractivity (Wildman–Crippen MR) is 144 cm³/mol. The SMILES string of the molecule is CC(=O)[C@H](CCCCC(=N)N)NC(=O)N[C@@H](Cc1ccc(O)cc1)c1nc([C@@H](N)Cc2ccc(O)cc2)no1. The van der Waals surface area contributed by atoms with Crippen LogP contribution >= 0.6 is 0 Å². The normalized spacial score (nSPS) is 13.3. The van der Waals surface area contributed by atoms with Crippen LogP contribution in [-0.2, 0) is 17.6 Å². The number of amidine groups is 1. The zero-order valence-corrected chi connectivity index (χ0v) is 21.8. The van der Waals surface area contributed by atoms with E-state index in [0.29, 0.717) is 32.1 Å². The second-order valence-electron chi connectivity index (χ2n) is 9.44. The maximum Gasteiger partial charge on any atom is 0.316 e. The number of hydrogen-bond donors (Lipinski definition) is 7. The lowest BCUT2D eigenvalue weighted by molar-refractivity contribution is -0.118. The molecular formula is C27H35N7O5. The summed E-state index contributed by atoms with van der Waals surface area (Å²) in [5.74, 6) is 0.537. The first-order valence-corrected chi connectivity index (χ1v) is 12.7. The highest BCUT2D eigenvalue weighted by atomic mass is 16.5. The van der Waals surface area contributed by atoms with E-state index in [1.54, 1.807) is 36.4 Å². The number of nitrogens with zero attached hydrogens (tertiary/aromatic N) is 2. The average molecular weight is 538 g/mol. The van der Waals surface area contributed by atoms with E-state index in [-0.39, 0.29) is 41.3 Å². The lowest BCUT2D eigenvalue weighted by atomic mass is 10.0. The second kappa shape index (κ2) is 13.9. The fourth-order valence-corrected chi connectivity index (χ4v) is 3.98. The molecule has 0 aliphatic carbocycles. The molecule has 0 bridgehead atoms. The minimum Gasteiger partial charge on any atom is -0.508 e. The summed E-state index contributed by atoms with van der Waals surface area (Å²) in [6.07, 6.45) is 2.77. The highest BCUT2D eigenvalue weighted by molar-refractivity contribution is 5.86. The lowest BCUT2D eigenvalue weighted by Gasteiger charge is -2.20. The quantitative estimate of drug-likeness (QED) is 0.0913. The molecule has 0 spiro atoms. The third-order valence-corrected chi connectivity index (χ3v) is 6.15. The van der Waals surface area contributed by atoms with Gasteiger partial charge in [0.25, 0.3) is 0 Å². The smallest absolute Gasteiger partial charge is 0.316 e. The van der Waals surface area contributed by atoms with Crippen LogP contribution in [0.2, 0.25) is 0 Å². The van der Waals surface area contributed by atoms with Gasteiger partial charge in [-0.15, -0.1) is 0 Å². The first-order chi connectivity index (χ1) is 18.6. The maximum absolute atomic E-state index is 12.9. The van der Waals surface area contributed by atoms with Crippen LogP contribution in [-0.4, -0.2) is 44.0 Å². The molecule has 0 fully saturated rings. The van der Waals surface area contributed by atoms with Gasteiger partial charge in [-0.1, -0.05) is 35.8 Å². The number of aromatic nitrogens is 2. The van der Waals surface area contributed by atoms with Crippen LogP contribution in [0.1, 0.15) is 67.5 Å². The Labute approximate surface area is 226 Å². The first kappa shape index (κ1) is 29.1. The van der Waals surface area contributed by atoms with Crippen molar-refractivity contribution in [1.82, 2.24) is 20.8 Å². The number of carbonyl (C=O) groups excluding carboxylic acids is 2. The van der Waals surface area contributed by atoms with Gasteiger partial charge in [0.15, 0.2) is 11.6 Å². The summed E-state index contributed by atoms with van der Waals surface area (Å²) in [4.78, 5) is 29.5. The fourth-order valence-electron chi connectivity index (χ4n) is 3.98. The number of phenolic OH excluding ortho intramolecular Hbond substituents is 2. The van der Waals surface area contributed by atoms with E-state index in [4.69, 9.17) is 21.4 Å². The van der Waals surface area contributed by atoms with Crippen molar-refractivity contribution in [2.75, 3.05) is 0 Å². The Kier molecular flexibility index (Phi) is 10.4. The summed E-state index contributed by atoms with van der Waals surface area (Å²) in [6, 6.07) is 10.5. The number of phenols is 2. The Bertz CT molecular complexity index is 1240. The van der Waals surface area contributed by atoms with Gasteiger partial charge in [0.05, 0.1) is 17.9 Å². The second-order valence-corrected chi connectivity index (χ2v) is 9.44. The number of amides is 2. The van der Waals surface area contributed by atoms with E-state index in [2.05, 4.69) is 20.8 Å². The van der Waals surface area contributed by atoms with Crippen molar-refractivity contribution in [2.24, 2.45) is 11.5 Å². The van der Waals surface area contributed by atoms with E-state index < -0.39 is 24.2 Å². The number of hydrogen-bond acceptors (Lipinski definition) is 9. The maximum atomic E-state index is 12.9. The number of aromatic hydroxyl groups is 2. The minimum absolute atomic E-state index is 0.0823. The Morgan fingerprint density at radius 3 is 2.13 bits per heavy atom. The van der Waals surface area contributed by atoms with Gasteiger partial charge in [-0.2, -0.15) is 4.98 Å². The number of nitrogens with one attached hydrogen (secondary N) is 3. The monoisotopic (exact) mass is 537 g/mol. The number of urea groups is 1. The number of rotatable bonds is 14. The predicted octanol–water partition coefficient (Wildman–Crippen LogP) is 2.76. The van der Waals surface area contributed by atoms with E-state index in [1.165, 1.54) is 19.1 Å². The van der Waals surface area contributed by atoms with Crippen molar-refractivity contribution < 1.29 is 24.3 Å². The molecule has 0 radical (unpaired) electrons. The highest BCUT2D eigenvalue weighted by Crippen LogP contribution is 2.22. The van der Waals surface area contributed by atoms with Crippen LogP contribution in [0.3, 0.4) is 0 Å². The van der Waals surface area contributed by atoms with Gasteiger partial charge in [-0.25, -0.2) is 4.79 Å². The molecule has 1 aromatic heterocycles. The third-order valence-electron chi connectivity index (χ3n) is 6.15. The molecule has 12 nitrogen and oxygen atoms in total. The summed E-state index contributed by atoms with van der Waals surface area (Å²) >= 11 is 0. The van der Waals surface area contributed by atoms with Crippen molar-refractivity contribution >= 4 is 17.6 Å². The molecule has 9 N–H and O–H groups in total. The molecule has 0 saturated heterocycles. The Hall–Kier alpha value is -4.45. The Morgan fingerprint density at radius 1 is 0.974 bits per heavy atom. The number of benzene rings is 2. The van der Waals surface area contributed by atoms with Crippen molar-refractivity contribution in [3.63, 3.8) is 0 Å². The zero-order valence-electron chi connectivity index (χ0n) is 21.8. The van der Waals surface area contributed by atoms with Gasteiger partial charge < -0.3 is 36.8 Å². The average Bonchev–Trinajstić information content (AvgIpc) is 3.38. The minimum atomic E-state index is -0.748. The number of nitrogens with two attached hydrogens (primary N) is 2. The fraction of sp³-hybridized carbons (Fsp3) is 0.370. The van der Waals surface area contributed by atoms with Crippen molar-refractivity contribution in [3.05, 3.63) is 71.4 Å². The Balaban J connectivity index is 1.72. The van der Waals surface area contributed by atoms with Crippen molar-refractivity contribution in [3.8, 4) is 11.5 Å². The topological polar surface area (TPSA) is 213 Å². The van der Waals surface area contributed by atoms with E-state index in [9.17, 15) is 19.8 Å². The molecular weight excluding hydrogens is 502 g/mol. The van der Waals surface area contributed by atoms with Crippen LogP contribution in [0.15, 0.2) is 53.1 Å². The number of unbranched alkanes of at least 4 members (excludes halogenated alkanes) is 1. The van der Waals surface area contributed by atoms with E-state index >= 15 is 0 Å². The molecule has 2 aromatic carbocycles. The van der Waals surface area contributed by atoms with Gasteiger partial charge in [0.2, 0.25) is 5.89 Å². The van der Waals surface area contributed by atoms with Gasteiger partial charge in [-0.3, -0.25) is 10.2 Å². The number of ketones is 1. The van der Waals surface area contributed by atoms with Crippen LogP contribution < -0.4 is 22.1 Å². The number of carbonyl (C=O) groups is 2. The zero-order chi connectivity index (χ0) is 28.4. The lowest BCUT2D eigenvalue weighted by Crippen LogP contribution is -2.46. The molecule has 3 rings (SSSR count). The highest BCUT2D eigenvalue weighted by Gasteiger charge is 2.26. The van der Waals surface area contributed by atoms with Crippen LogP contribution in [0.5, 0.6) is 11.5 Å². The summed E-state index contributed by atoms with van der Waals surface area (Å²) < 4.78 is 5.48. The Morgan fingerprint density at radius 2 is 1.56 bits per heavy atom. The largest absolute Gasteiger partial charge is 0.508 e. The first-order valence-electron chi connectivity index (χ1n) is 12.7. The van der Waals surface area contributed by atoms with E-state index in [0.717, 1.165) is 11.1 Å². The van der Waals surface area contributed by atoms with Crippen LogP contribution in [0.4, 0.5) is 4.79 Å². The van der Waals surface area contributed by atoms with Crippen LogP contribution in [0.25, 0.3) is 0 Å². The van der Waals surface area contributed by atoms with Crippen molar-refractivity contribution in [1.29, 1.82) is 5.41 Å². The molecule has 39 heavy (non-hydrogen) atoms. The van der Waals surface area contributed by atoms with Gasteiger partial charge in [-0.05, 0) is 61.6 Å². The summed E-state index contributed by atoms with van der Waals surface area (Å²) in [6.45, 7) is 1.41. The van der Waals surface area contributed by atoms with Gasteiger partial charge in [0, 0.05) is 12.8 Å². The third kappa shape index (κ3) is 9.42. The molecule has 1 heterocycles. The van der Waals surface area contributed by atoms with Crippen molar-refractivity contribution in [2.45, 2.75) is 63.6 Å². The molecule has 0 unspecified atom stereocenters. The van der Waals surface area contributed by atoms with Gasteiger partial charge >= 0.3 is 6.03 Å². The number of Topliss-reactive ketones (excluding diaryl/α,β-unsaturated/α-hetero) is 1. The molecule has 208 valence electrons. The molecule has 3 atom stereocenters. The van der Waals surface area contributed by atoms with Crippen LogP contribution in [0, 0.1) is 5.41 Å². The molecule has 3 aromatic rings. The summed E-state index contributed by atoms with van der Waals surface area (Å²) in [5.41, 5.74) is 13.3. The molecule has 0 aliphatic rings. The standard InChI is InChI=1S/C27H35N7O5/c1-16(35)22(4-2-3-5-24(29)30)31-27(38)32-23(15-18-8-12-20(37)13-9-18)26-33-25(34-39-26)21(28)14-17-6-10-19(36)11-7-17/h6-13,21-23,36-37H,2-5,14-15,28H2,1H3,(H3,29,30)(H2,31,32,38)/t21-,22-,23-/m0/s1.